The second-order valence-corrected chi connectivity index (χ2v) is 4.25. The lowest BCUT2D eigenvalue weighted by atomic mass is 10.0. The van der Waals surface area contributed by atoms with Gasteiger partial charge in [0.15, 0.2) is 11.6 Å². The zero-order valence-corrected chi connectivity index (χ0v) is 11.0. The van der Waals surface area contributed by atoms with Gasteiger partial charge in [0, 0.05) is 19.4 Å². The maximum absolute atomic E-state index is 12.1. The van der Waals surface area contributed by atoms with Crippen LogP contribution in [0.5, 0.6) is 0 Å². The molecule has 0 aliphatic heterocycles. The van der Waals surface area contributed by atoms with Crippen molar-refractivity contribution in [3.8, 4) is 0 Å². The molecule has 0 unspecified atom stereocenters. The van der Waals surface area contributed by atoms with Crippen molar-refractivity contribution < 1.29 is 9.59 Å². The SMILES string of the molecule is CCc1nn(C)cc1C(=O)CC(=O)c1ccccn1. The highest BCUT2D eigenvalue weighted by atomic mass is 16.1. The first-order chi connectivity index (χ1) is 9.11. The molecule has 0 aliphatic rings. The Kier molecular flexibility index (Phi) is 3.85. The van der Waals surface area contributed by atoms with Crippen molar-refractivity contribution in [3.63, 3.8) is 0 Å². The Hall–Kier alpha value is -2.30. The van der Waals surface area contributed by atoms with Gasteiger partial charge in [0.25, 0.3) is 0 Å². The van der Waals surface area contributed by atoms with Gasteiger partial charge in [-0.3, -0.25) is 19.3 Å². The minimum Gasteiger partial charge on any atom is -0.294 e. The summed E-state index contributed by atoms with van der Waals surface area (Å²) in [5.41, 5.74) is 1.56. The molecule has 0 radical (unpaired) electrons. The molecule has 2 heterocycles. The van der Waals surface area contributed by atoms with Gasteiger partial charge in [0.2, 0.25) is 0 Å². The van der Waals surface area contributed by atoms with E-state index in [-0.39, 0.29) is 18.0 Å². The molecule has 0 fully saturated rings. The number of nitrogens with zero attached hydrogens (tertiary/aromatic N) is 3. The third kappa shape index (κ3) is 2.93. The van der Waals surface area contributed by atoms with E-state index in [1.165, 1.54) is 0 Å². The summed E-state index contributed by atoms with van der Waals surface area (Å²) in [6.45, 7) is 1.93. The van der Waals surface area contributed by atoms with Crippen LogP contribution in [0.1, 0.15) is 39.9 Å². The molecule has 0 atom stereocenters. The number of carbonyl (C=O) groups excluding carboxylic acids is 2. The summed E-state index contributed by atoms with van der Waals surface area (Å²) in [6.07, 6.45) is 3.70. The number of Topliss-reactive ketones (excluding diaryl/α,β-unsaturated/α-hetero) is 2. The van der Waals surface area contributed by atoms with Gasteiger partial charge in [-0.15, -0.1) is 0 Å². The molecule has 98 valence electrons. The Morgan fingerprint density at radius 1 is 1.26 bits per heavy atom. The molecular formula is C14H15N3O2. The molecule has 2 rings (SSSR count). The normalized spacial score (nSPS) is 10.4. The van der Waals surface area contributed by atoms with E-state index >= 15 is 0 Å². The number of aryl methyl sites for hydroxylation is 2. The molecule has 19 heavy (non-hydrogen) atoms. The lowest BCUT2D eigenvalue weighted by Gasteiger charge is -2.00. The highest BCUT2D eigenvalue weighted by Gasteiger charge is 2.18. The number of carbonyl (C=O) groups is 2. The second-order valence-electron chi connectivity index (χ2n) is 4.25. The average molecular weight is 257 g/mol. The Labute approximate surface area is 111 Å². The first kappa shape index (κ1) is 13.1. The third-order valence-corrected chi connectivity index (χ3v) is 2.81. The third-order valence-electron chi connectivity index (χ3n) is 2.81. The van der Waals surface area contributed by atoms with Crippen LogP contribution in [0.4, 0.5) is 0 Å². The van der Waals surface area contributed by atoms with Gasteiger partial charge in [-0.05, 0) is 18.6 Å². The van der Waals surface area contributed by atoms with E-state index in [0.717, 1.165) is 5.69 Å². The Morgan fingerprint density at radius 2 is 2.05 bits per heavy atom. The van der Waals surface area contributed by atoms with Crippen LogP contribution >= 0.6 is 0 Å². The summed E-state index contributed by atoms with van der Waals surface area (Å²) in [4.78, 5) is 28.0. The first-order valence-corrected chi connectivity index (χ1v) is 6.11. The van der Waals surface area contributed by atoms with Crippen molar-refractivity contribution in [3.05, 3.63) is 47.5 Å². The van der Waals surface area contributed by atoms with Crippen molar-refractivity contribution >= 4 is 11.6 Å². The smallest absolute Gasteiger partial charge is 0.188 e. The van der Waals surface area contributed by atoms with E-state index in [2.05, 4.69) is 10.1 Å². The number of pyridine rings is 1. The van der Waals surface area contributed by atoms with Crippen LogP contribution in [0.3, 0.4) is 0 Å². The molecule has 0 aromatic carbocycles. The zero-order valence-electron chi connectivity index (χ0n) is 11.0. The van der Waals surface area contributed by atoms with Gasteiger partial charge < -0.3 is 0 Å². The fourth-order valence-corrected chi connectivity index (χ4v) is 1.89. The average Bonchev–Trinajstić information content (AvgIpc) is 2.81. The maximum Gasteiger partial charge on any atom is 0.188 e. The van der Waals surface area contributed by atoms with Gasteiger partial charge in [0.1, 0.15) is 5.69 Å². The number of hydrogen-bond donors (Lipinski definition) is 0. The zero-order chi connectivity index (χ0) is 13.8. The number of hydrogen-bond acceptors (Lipinski definition) is 4. The van der Waals surface area contributed by atoms with Crippen LogP contribution < -0.4 is 0 Å². The van der Waals surface area contributed by atoms with Gasteiger partial charge in [-0.1, -0.05) is 13.0 Å². The Balaban J connectivity index is 2.15. The molecule has 0 N–H and O–H groups in total. The molecule has 0 bridgehead atoms. The van der Waals surface area contributed by atoms with Crippen LogP contribution in [0, 0.1) is 0 Å². The molecule has 0 saturated heterocycles. The highest BCUT2D eigenvalue weighted by molar-refractivity contribution is 6.13. The van der Waals surface area contributed by atoms with Crippen LogP contribution in [0.2, 0.25) is 0 Å². The van der Waals surface area contributed by atoms with Crippen molar-refractivity contribution in [1.29, 1.82) is 0 Å². The maximum atomic E-state index is 12.1. The minimum atomic E-state index is -0.267. The quantitative estimate of drug-likeness (QED) is 0.605. The molecule has 0 spiro atoms. The molecule has 2 aromatic rings. The van der Waals surface area contributed by atoms with Gasteiger partial charge in [0.05, 0.1) is 17.7 Å². The molecule has 0 saturated carbocycles. The Bertz CT molecular complexity index is 602. The van der Waals surface area contributed by atoms with Gasteiger partial charge in [-0.2, -0.15) is 5.10 Å². The van der Waals surface area contributed by atoms with E-state index in [1.54, 1.807) is 42.3 Å². The highest BCUT2D eigenvalue weighted by Crippen LogP contribution is 2.12. The Morgan fingerprint density at radius 3 is 2.68 bits per heavy atom. The largest absolute Gasteiger partial charge is 0.294 e. The van der Waals surface area contributed by atoms with Crippen molar-refractivity contribution in [1.82, 2.24) is 14.8 Å². The predicted molar refractivity (Wildman–Crippen MR) is 70.1 cm³/mol. The molecule has 5 heteroatoms. The summed E-state index contributed by atoms with van der Waals surface area (Å²) < 4.78 is 1.59. The lowest BCUT2D eigenvalue weighted by Crippen LogP contribution is -2.10. The summed E-state index contributed by atoms with van der Waals surface area (Å²) in [6, 6.07) is 5.07. The number of ketones is 2. The summed E-state index contributed by atoms with van der Waals surface area (Å²) in [7, 11) is 1.76. The molecule has 2 aromatic heterocycles. The van der Waals surface area contributed by atoms with E-state index in [9.17, 15) is 9.59 Å². The number of aromatic nitrogens is 3. The van der Waals surface area contributed by atoms with E-state index in [4.69, 9.17) is 0 Å². The molecular weight excluding hydrogens is 242 g/mol. The lowest BCUT2D eigenvalue weighted by molar-refractivity contribution is 0.0891. The molecule has 0 amide bonds. The van der Waals surface area contributed by atoms with E-state index < -0.39 is 0 Å². The van der Waals surface area contributed by atoms with Crippen LogP contribution in [-0.4, -0.2) is 26.3 Å². The summed E-state index contributed by atoms with van der Waals surface area (Å²) >= 11 is 0. The van der Waals surface area contributed by atoms with Gasteiger partial charge >= 0.3 is 0 Å². The fourth-order valence-electron chi connectivity index (χ4n) is 1.89. The van der Waals surface area contributed by atoms with Crippen LogP contribution in [0.25, 0.3) is 0 Å². The second kappa shape index (κ2) is 5.56. The van der Waals surface area contributed by atoms with E-state index in [1.807, 2.05) is 6.92 Å². The topological polar surface area (TPSA) is 64.8 Å². The van der Waals surface area contributed by atoms with E-state index in [0.29, 0.717) is 17.7 Å². The van der Waals surface area contributed by atoms with Crippen molar-refractivity contribution in [2.75, 3.05) is 0 Å². The standard InChI is InChI=1S/C14H15N3O2/c1-3-11-10(9-17(2)16-11)13(18)8-14(19)12-6-4-5-7-15-12/h4-7,9H,3,8H2,1-2H3. The van der Waals surface area contributed by atoms with Crippen molar-refractivity contribution in [2.24, 2.45) is 7.05 Å². The molecule has 5 nitrogen and oxygen atoms in total. The predicted octanol–water partition coefficient (Wildman–Crippen LogP) is 1.83. The van der Waals surface area contributed by atoms with Crippen LogP contribution in [-0.2, 0) is 13.5 Å². The first-order valence-electron chi connectivity index (χ1n) is 6.11. The number of rotatable bonds is 5. The van der Waals surface area contributed by atoms with Gasteiger partial charge in [-0.25, -0.2) is 0 Å². The monoisotopic (exact) mass is 257 g/mol. The fraction of sp³-hybridized carbons (Fsp3) is 0.286. The van der Waals surface area contributed by atoms with Crippen LogP contribution in [0.15, 0.2) is 30.6 Å². The summed E-state index contributed by atoms with van der Waals surface area (Å²) in [5, 5.41) is 4.20. The van der Waals surface area contributed by atoms with Crippen molar-refractivity contribution in [2.45, 2.75) is 19.8 Å². The molecule has 0 aliphatic carbocycles. The summed E-state index contributed by atoms with van der Waals surface area (Å²) in [5.74, 6) is -0.475. The minimum absolute atomic E-state index is 0.171.